The Balaban J connectivity index is 2.14. The van der Waals surface area contributed by atoms with Gasteiger partial charge < -0.3 is 5.11 Å². The summed E-state index contributed by atoms with van der Waals surface area (Å²) in [7, 11) is 0. The van der Waals surface area contributed by atoms with Gasteiger partial charge in [-0.3, -0.25) is 0 Å². The van der Waals surface area contributed by atoms with Crippen molar-refractivity contribution in [1.29, 1.82) is 0 Å². The molecule has 0 aliphatic heterocycles. The van der Waals surface area contributed by atoms with E-state index in [0.29, 0.717) is 5.92 Å². The second kappa shape index (κ2) is 2.01. The van der Waals surface area contributed by atoms with Crippen molar-refractivity contribution in [3.8, 4) is 0 Å². The molecule has 0 bridgehead atoms. The molecule has 0 aromatic carbocycles. The highest BCUT2D eigenvalue weighted by Crippen LogP contribution is 2.30. The number of halogens is 1. The molecular weight excluding hydrogens is 112 g/mol. The highest BCUT2D eigenvalue weighted by atomic mass is 35.5. The average Bonchev–Trinajstić information content (AvgIpc) is 1.23. The molecule has 42 valence electrons. The molecule has 1 N–H and O–H groups in total. The minimum Gasteiger partial charge on any atom is -0.377 e. The zero-order valence-corrected chi connectivity index (χ0v) is 4.86. The van der Waals surface area contributed by atoms with Gasteiger partial charge in [-0.1, -0.05) is 18.0 Å². The molecule has 1 fully saturated rings. The molecule has 0 aromatic rings. The molecule has 0 heterocycles. The van der Waals surface area contributed by atoms with Crippen LogP contribution in [-0.4, -0.2) is 10.7 Å². The van der Waals surface area contributed by atoms with Crippen molar-refractivity contribution in [2.24, 2.45) is 5.92 Å². The van der Waals surface area contributed by atoms with E-state index in [4.69, 9.17) is 16.7 Å². The molecule has 1 aliphatic carbocycles. The molecule has 7 heavy (non-hydrogen) atoms. The zero-order chi connectivity index (χ0) is 5.28. The third-order valence-electron chi connectivity index (χ3n) is 1.54. The maximum Gasteiger partial charge on any atom is 0.130 e. The van der Waals surface area contributed by atoms with Crippen LogP contribution in [0.1, 0.15) is 19.3 Å². The van der Waals surface area contributed by atoms with Crippen LogP contribution in [-0.2, 0) is 0 Å². The monoisotopic (exact) mass is 120 g/mol. The number of aliphatic hydroxyl groups is 1. The quantitative estimate of drug-likeness (QED) is 0.518. The Morgan fingerprint density at radius 2 is 2.14 bits per heavy atom. The molecule has 0 radical (unpaired) electrons. The lowest BCUT2D eigenvalue weighted by Gasteiger charge is -2.25. The van der Waals surface area contributed by atoms with Crippen LogP contribution in [0.2, 0.25) is 0 Å². The van der Waals surface area contributed by atoms with Gasteiger partial charge in [0, 0.05) is 0 Å². The lowest BCUT2D eigenvalue weighted by molar-refractivity contribution is 0.127. The Bertz CT molecular complexity index is 59.1. The summed E-state index contributed by atoms with van der Waals surface area (Å²) in [6.07, 6.45) is 3.48. The summed E-state index contributed by atoms with van der Waals surface area (Å²) in [5, 5.41) is 8.64. The topological polar surface area (TPSA) is 20.2 Å². The first-order valence-electron chi connectivity index (χ1n) is 2.63. The molecule has 1 atom stereocenters. The van der Waals surface area contributed by atoms with E-state index in [2.05, 4.69) is 0 Å². The van der Waals surface area contributed by atoms with Crippen LogP contribution in [0.25, 0.3) is 0 Å². The summed E-state index contributed by atoms with van der Waals surface area (Å²) < 4.78 is 0. The van der Waals surface area contributed by atoms with Gasteiger partial charge in [0.1, 0.15) is 5.56 Å². The van der Waals surface area contributed by atoms with Crippen molar-refractivity contribution in [2.75, 3.05) is 0 Å². The van der Waals surface area contributed by atoms with Gasteiger partial charge in [0.2, 0.25) is 0 Å². The van der Waals surface area contributed by atoms with Gasteiger partial charge >= 0.3 is 0 Å². The number of hydrogen-bond acceptors (Lipinski definition) is 1. The van der Waals surface area contributed by atoms with Crippen molar-refractivity contribution in [2.45, 2.75) is 24.8 Å². The third kappa shape index (κ3) is 1.07. The molecule has 0 spiro atoms. The Kier molecular flexibility index (Phi) is 1.55. The van der Waals surface area contributed by atoms with E-state index < -0.39 is 5.56 Å². The number of alkyl halides is 1. The van der Waals surface area contributed by atoms with E-state index in [1.54, 1.807) is 0 Å². The fraction of sp³-hybridized carbons (Fsp3) is 1.00. The maximum absolute atomic E-state index is 8.64. The minimum absolute atomic E-state index is 0.404. The summed E-state index contributed by atoms with van der Waals surface area (Å²) >= 11 is 5.34. The fourth-order valence-electron chi connectivity index (χ4n) is 0.715. The maximum atomic E-state index is 8.64. The van der Waals surface area contributed by atoms with E-state index in [9.17, 15) is 0 Å². The van der Waals surface area contributed by atoms with Crippen LogP contribution in [0.5, 0.6) is 0 Å². The van der Waals surface area contributed by atoms with Gasteiger partial charge in [-0.15, -0.1) is 0 Å². The molecule has 2 heteroatoms. The Morgan fingerprint density at radius 1 is 1.57 bits per heavy atom. The molecule has 1 saturated carbocycles. The summed E-state index contributed by atoms with van der Waals surface area (Å²) in [4.78, 5) is 0. The van der Waals surface area contributed by atoms with Crippen LogP contribution in [0.15, 0.2) is 0 Å². The molecular formula is C5H9ClO. The SMILES string of the molecule is OC(Cl)C1CCC1. The van der Waals surface area contributed by atoms with Crippen LogP contribution in [0.4, 0.5) is 0 Å². The number of hydrogen-bond donors (Lipinski definition) is 1. The number of aliphatic hydroxyl groups excluding tert-OH is 1. The van der Waals surface area contributed by atoms with Crippen LogP contribution in [0.3, 0.4) is 0 Å². The molecule has 0 aromatic heterocycles. The molecule has 1 nitrogen and oxygen atoms in total. The largest absolute Gasteiger partial charge is 0.377 e. The standard InChI is InChI=1S/C5H9ClO/c6-5(7)4-2-1-3-4/h4-5,7H,1-3H2. The predicted molar refractivity (Wildman–Crippen MR) is 29.2 cm³/mol. The van der Waals surface area contributed by atoms with Gasteiger partial charge in [-0.25, -0.2) is 0 Å². The van der Waals surface area contributed by atoms with Gasteiger partial charge in [-0.2, -0.15) is 0 Å². The average molecular weight is 121 g/mol. The van der Waals surface area contributed by atoms with Crippen LogP contribution >= 0.6 is 11.6 Å². The Labute approximate surface area is 48.3 Å². The lowest BCUT2D eigenvalue weighted by atomic mass is 9.86. The van der Waals surface area contributed by atoms with E-state index in [-0.39, 0.29) is 0 Å². The molecule has 1 aliphatic rings. The van der Waals surface area contributed by atoms with Gasteiger partial charge in [-0.05, 0) is 18.8 Å². The lowest BCUT2D eigenvalue weighted by Crippen LogP contribution is -2.21. The van der Waals surface area contributed by atoms with E-state index in [1.165, 1.54) is 6.42 Å². The van der Waals surface area contributed by atoms with Crippen molar-refractivity contribution in [3.05, 3.63) is 0 Å². The van der Waals surface area contributed by atoms with Crippen LogP contribution in [0, 0.1) is 5.92 Å². The van der Waals surface area contributed by atoms with E-state index >= 15 is 0 Å². The first-order chi connectivity index (χ1) is 3.30. The Hall–Kier alpha value is 0.250. The predicted octanol–water partition coefficient (Wildman–Crippen LogP) is 1.34. The van der Waals surface area contributed by atoms with Gasteiger partial charge in [0.05, 0.1) is 0 Å². The highest BCUT2D eigenvalue weighted by molar-refractivity contribution is 6.19. The van der Waals surface area contributed by atoms with Crippen molar-refractivity contribution in [1.82, 2.24) is 0 Å². The second-order valence-corrected chi connectivity index (χ2v) is 2.51. The smallest absolute Gasteiger partial charge is 0.130 e. The third-order valence-corrected chi connectivity index (χ3v) is 1.90. The first kappa shape index (κ1) is 5.39. The van der Waals surface area contributed by atoms with E-state index in [0.717, 1.165) is 12.8 Å². The van der Waals surface area contributed by atoms with E-state index in [1.807, 2.05) is 0 Å². The fourth-order valence-corrected chi connectivity index (χ4v) is 0.967. The van der Waals surface area contributed by atoms with Crippen molar-refractivity contribution < 1.29 is 5.11 Å². The zero-order valence-electron chi connectivity index (χ0n) is 4.10. The summed E-state index contributed by atoms with van der Waals surface area (Å²) in [5.74, 6) is 0.404. The summed E-state index contributed by atoms with van der Waals surface area (Å²) in [6.45, 7) is 0. The molecule has 1 unspecified atom stereocenters. The molecule has 0 amide bonds. The van der Waals surface area contributed by atoms with Crippen molar-refractivity contribution >= 4 is 11.6 Å². The first-order valence-corrected chi connectivity index (χ1v) is 3.06. The molecule has 0 saturated heterocycles. The number of rotatable bonds is 1. The van der Waals surface area contributed by atoms with Gasteiger partial charge in [0.15, 0.2) is 0 Å². The van der Waals surface area contributed by atoms with Crippen LogP contribution < -0.4 is 0 Å². The molecule has 1 rings (SSSR count). The van der Waals surface area contributed by atoms with Gasteiger partial charge in [0.25, 0.3) is 0 Å². The summed E-state index contributed by atoms with van der Waals surface area (Å²) in [6, 6.07) is 0. The second-order valence-electron chi connectivity index (χ2n) is 2.06. The van der Waals surface area contributed by atoms with Crippen molar-refractivity contribution in [3.63, 3.8) is 0 Å². The normalized spacial score (nSPS) is 26.6. The summed E-state index contributed by atoms with van der Waals surface area (Å²) in [5.41, 5.74) is -0.575. The highest BCUT2D eigenvalue weighted by Gasteiger charge is 2.23. The minimum atomic E-state index is -0.575. The Morgan fingerprint density at radius 3 is 2.14 bits per heavy atom.